The Labute approximate surface area is 113 Å². The van der Waals surface area contributed by atoms with Crippen molar-refractivity contribution < 1.29 is 9.53 Å². The van der Waals surface area contributed by atoms with Crippen molar-refractivity contribution in [3.63, 3.8) is 0 Å². The van der Waals surface area contributed by atoms with Crippen LogP contribution in [0.25, 0.3) is 11.1 Å². The molecular weight excluding hydrogens is 236 g/mol. The van der Waals surface area contributed by atoms with Gasteiger partial charge in [-0.3, -0.25) is 4.79 Å². The van der Waals surface area contributed by atoms with Gasteiger partial charge in [0, 0.05) is 0 Å². The molecule has 0 bridgehead atoms. The molecule has 2 aromatic carbocycles. The Morgan fingerprint density at radius 3 is 2.26 bits per heavy atom. The van der Waals surface area contributed by atoms with Gasteiger partial charge in [0.05, 0.1) is 13.0 Å². The van der Waals surface area contributed by atoms with Gasteiger partial charge >= 0.3 is 5.97 Å². The minimum Gasteiger partial charge on any atom is -0.469 e. The van der Waals surface area contributed by atoms with E-state index in [1.54, 1.807) is 0 Å². The van der Waals surface area contributed by atoms with Crippen LogP contribution >= 0.6 is 0 Å². The Bertz CT molecular complexity index is 572. The Morgan fingerprint density at radius 2 is 1.63 bits per heavy atom. The van der Waals surface area contributed by atoms with Crippen LogP contribution in [0.15, 0.2) is 54.6 Å². The maximum Gasteiger partial charge on any atom is 0.309 e. The molecule has 0 aliphatic heterocycles. The fourth-order valence-electron chi connectivity index (χ4n) is 2.53. The molecule has 0 heterocycles. The second-order valence-corrected chi connectivity index (χ2v) is 4.96. The molecule has 2 heteroatoms. The SMILES string of the molecule is COC(=O)[C@@H]1C[C@H]1c1ccc(-c2ccccc2)cc1. The van der Waals surface area contributed by atoms with E-state index in [0.717, 1.165) is 6.42 Å². The second-order valence-electron chi connectivity index (χ2n) is 4.96. The summed E-state index contributed by atoms with van der Waals surface area (Å²) >= 11 is 0. The largest absolute Gasteiger partial charge is 0.469 e. The molecule has 1 fully saturated rings. The van der Waals surface area contributed by atoms with Crippen molar-refractivity contribution in [2.24, 2.45) is 5.92 Å². The monoisotopic (exact) mass is 252 g/mol. The number of esters is 1. The van der Waals surface area contributed by atoms with Gasteiger partial charge in [-0.15, -0.1) is 0 Å². The number of hydrogen-bond acceptors (Lipinski definition) is 2. The van der Waals surface area contributed by atoms with Crippen molar-refractivity contribution in [1.82, 2.24) is 0 Å². The molecule has 2 nitrogen and oxygen atoms in total. The van der Waals surface area contributed by atoms with Crippen molar-refractivity contribution in [2.75, 3.05) is 7.11 Å². The first-order chi connectivity index (χ1) is 9.29. The molecule has 3 rings (SSSR count). The van der Waals surface area contributed by atoms with Crippen molar-refractivity contribution in [2.45, 2.75) is 12.3 Å². The Kier molecular flexibility index (Phi) is 3.08. The van der Waals surface area contributed by atoms with Crippen LogP contribution < -0.4 is 0 Å². The van der Waals surface area contributed by atoms with Gasteiger partial charge < -0.3 is 4.74 Å². The third-order valence-corrected chi connectivity index (χ3v) is 3.74. The number of ether oxygens (including phenoxy) is 1. The maximum absolute atomic E-state index is 11.4. The van der Waals surface area contributed by atoms with Gasteiger partial charge in [0.15, 0.2) is 0 Å². The highest BCUT2D eigenvalue weighted by Crippen LogP contribution is 2.48. The van der Waals surface area contributed by atoms with Crippen molar-refractivity contribution in [1.29, 1.82) is 0 Å². The van der Waals surface area contributed by atoms with Crippen LogP contribution in [0.4, 0.5) is 0 Å². The molecule has 19 heavy (non-hydrogen) atoms. The number of methoxy groups -OCH3 is 1. The predicted molar refractivity (Wildman–Crippen MR) is 74.7 cm³/mol. The van der Waals surface area contributed by atoms with Gasteiger partial charge in [-0.25, -0.2) is 0 Å². The second kappa shape index (κ2) is 4.88. The van der Waals surface area contributed by atoms with Crippen LogP contribution in [0, 0.1) is 5.92 Å². The summed E-state index contributed by atoms with van der Waals surface area (Å²) in [6.07, 6.45) is 0.914. The van der Waals surface area contributed by atoms with Gasteiger partial charge in [0.1, 0.15) is 0 Å². The Morgan fingerprint density at radius 1 is 1.00 bits per heavy atom. The molecule has 1 aliphatic rings. The highest BCUT2D eigenvalue weighted by atomic mass is 16.5. The number of carbonyl (C=O) groups is 1. The third kappa shape index (κ3) is 2.39. The first-order valence-electron chi connectivity index (χ1n) is 6.53. The van der Waals surface area contributed by atoms with Gasteiger partial charge in [-0.05, 0) is 29.0 Å². The van der Waals surface area contributed by atoms with E-state index in [2.05, 4.69) is 36.4 Å². The molecule has 0 aromatic heterocycles. The number of carbonyl (C=O) groups excluding carboxylic acids is 1. The van der Waals surface area contributed by atoms with E-state index < -0.39 is 0 Å². The summed E-state index contributed by atoms with van der Waals surface area (Å²) < 4.78 is 4.78. The average Bonchev–Trinajstić information content (AvgIpc) is 3.28. The number of hydrogen-bond donors (Lipinski definition) is 0. The van der Waals surface area contributed by atoms with E-state index in [1.807, 2.05) is 18.2 Å². The fourth-order valence-corrected chi connectivity index (χ4v) is 2.53. The van der Waals surface area contributed by atoms with Crippen LogP contribution in [0.2, 0.25) is 0 Å². The van der Waals surface area contributed by atoms with Gasteiger partial charge in [-0.2, -0.15) is 0 Å². The lowest BCUT2D eigenvalue weighted by atomic mass is 10.0. The quantitative estimate of drug-likeness (QED) is 0.780. The first-order valence-corrected chi connectivity index (χ1v) is 6.53. The molecule has 96 valence electrons. The molecule has 2 atom stereocenters. The zero-order valence-corrected chi connectivity index (χ0v) is 10.9. The molecule has 1 aliphatic carbocycles. The summed E-state index contributed by atoms with van der Waals surface area (Å²) in [6, 6.07) is 18.8. The first kappa shape index (κ1) is 12.0. The highest BCUT2D eigenvalue weighted by Gasteiger charge is 2.44. The van der Waals surface area contributed by atoms with E-state index in [4.69, 9.17) is 4.74 Å². The van der Waals surface area contributed by atoms with Gasteiger partial charge in [-0.1, -0.05) is 54.6 Å². The lowest BCUT2D eigenvalue weighted by Crippen LogP contribution is -2.03. The summed E-state index contributed by atoms with van der Waals surface area (Å²) in [5.74, 6) is 0.321. The van der Waals surface area contributed by atoms with Crippen LogP contribution in [0.3, 0.4) is 0 Å². The average molecular weight is 252 g/mol. The van der Waals surface area contributed by atoms with Crippen molar-refractivity contribution in [3.8, 4) is 11.1 Å². The molecule has 0 radical (unpaired) electrons. The van der Waals surface area contributed by atoms with E-state index in [0.29, 0.717) is 5.92 Å². The summed E-state index contributed by atoms with van der Waals surface area (Å²) in [6.45, 7) is 0. The Hall–Kier alpha value is -2.09. The van der Waals surface area contributed by atoms with Crippen molar-refractivity contribution >= 4 is 5.97 Å². The minimum atomic E-state index is -0.0860. The third-order valence-electron chi connectivity index (χ3n) is 3.74. The molecule has 1 saturated carbocycles. The molecule has 2 aromatic rings. The zero-order chi connectivity index (χ0) is 13.2. The standard InChI is InChI=1S/C17H16O2/c1-19-17(18)16-11-15(16)14-9-7-13(8-10-14)12-5-3-2-4-6-12/h2-10,15-16H,11H2,1H3/t15-,16+/m0/s1. The summed E-state index contributed by atoms with van der Waals surface area (Å²) in [7, 11) is 1.45. The number of benzene rings is 2. The zero-order valence-electron chi connectivity index (χ0n) is 10.9. The van der Waals surface area contributed by atoms with Crippen LogP contribution in [-0.2, 0) is 9.53 Å². The van der Waals surface area contributed by atoms with E-state index in [9.17, 15) is 4.79 Å². The van der Waals surface area contributed by atoms with Crippen LogP contribution in [0.5, 0.6) is 0 Å². The molecule has 0 spiro atoms. The van der Waals surface area contributed by atoms with E-state index in [1.165, 1.54) is 23.8 Å². The van der Waals surface area contributed by atoms with E-state index in [-0.39, 0.29) is 11.9 Å². The summed E-state index contributed by atoms with van der Waals surface area (Å²) in [5, 5.41) is 0. The summed E-state index contributed by atoms with van der Waals surface area (Å²) in [4.78, 5) is 11.4. The lowest BCUT2D eigenvalue weighted by Gasteiger charge is -2.04. The molecule has 0 saturated heterocycles. The number of rotatable bonds is 3. The molecule has 0 N–H and O–H groups in total. The Balaban J connectivity index is 1.76. The van der Waals surface area contributed by atoms with E-state index >= 15 is 0 Å². The van der Waals surface area contributed by atoms with Gasteiger partial charge in [0.25, 0.3) is 0 Å². The smallest absolute Gasteiger partial charge is 0.309 e. The molecule has 0 amide bonds. The summed E-state index contributed by atoms with van der Waals surface area (Å²) in [5.41, 5.74) is 3.66. The predicted octanol–water partition coefficient (Wildman–Crippen LogP) is 3.63. The fraction of sp³-hybridized carbons (Fsp3) is 0.235. The van der Waals surface area contributed by atoms with Crippen molar-refractivity contribution in [3.05, 3.63) is 60.2 Å². The normalized spacial score (nSPS) is 20.9. The lowest BCUT2D eigenvalue weighted by molar-refractivity contribution is -0.142. The highest BCUT2D eigenvalue weighted by molar-refractivity contribution is 5.77. The molecule has 0 unspecified atom stereocenters. The van der Waals surface area contributed by atoms with Crippen LogP contribution in [-0.4, -0.2) is 13.1 Å². The molecular formula is C17H16O2. The minimum absolute atomic E-state index is 0.0626. The van der Waals surface area contributed by atoms with Crippen LogP contribution in [0.1, 0.15) is 17.9 Å². The topological polar surface area (TPSA) is 26.3 Å². The maximum atomic E-state index is 11.4. The van der Waals surface area contributed by atoms with Gasteiger partial charge in [0.2, 0.25) is 0 Å².